The van der Waals surface area contributed by atoms with Gasteiger partial charge in [-0.1, -0.05) is 34.6 Å². The van der Waals surface area contributed by atoms with Gasteiger partial charge in [-0.25, -0.2) is 0 Å². The van der Waals surface area contributed by atoms with E-state index in [4.69, 9.17) is 4.74 Å². The van der Waals surface area contributed by atoms with E-state index in [1.807, 2.05) is 13.8 Å². The topological polar surface area (TPSA) is 21.3 Å². The van der Waals surface area contributed by atoms with E-state index in [-0.39, 0.29) is 1.43 Å². The van der Waals surface area contributed by atoms with E-state index in [2.05, 4.69) is 26.1 Å². The molecule has 0 radical (unpaired) electrons. The minimum atomic E-state index is 0. The van der Waals surface area contributed by atoms with E-state index in [1.54, 1.807) is 0 Å². The van der Waals surface area contributed by atoms with Gasteiger partial charge in [0.05, 0.1) is 12.7 Å². The van der Waals surface area contributed by atoms with Crippen LogP contribution in [0.1, 0.15) is 36.0 Å². The van der Waals surface area contributed by atoms with Crippen LogP contribution in [0.5, 0.6) is 0 Å². The highest BCUT2D eigenvalue weighted by atomic mass is 16.5. The van der Waals surface area contributed by atoms with E-state index in [1.165, 1.54) is 0 Å². The predicted octanol–water partition coefficient (Wildman–Crippen LogP) is 2.29. The van der Waals surface area contributed by atoms with Gasteiger partial charge in [0, 0.05) is 14.5 Å². The monoisotopic (exact) mass is 175 g/mol. The van der Waals surface area contributed by atoms with Crippen molar-refractivity contribution in [3.63, 3.8) is 0 Å². The van der Waals surface area contributed by atoms with Crippen molar-refractivity contribution in [3.05, 3.63) is 0 Å². The van der Waals surface area contributed by atoms with Crippen LogP contribution in [0.15, 0.2) is 0 Å². The Morgan fingerprint density at radius 2 is 1.83 bits per heavy atom. The van der Waals surface area contributed by atoms with Crippen LogP contribution >= 0.6 is 0 Å². The molecule has 0 amide bonds. The Bertz CT molecular complexity index is 108. The summed E-state index contributed by atoms with van der Waals surface area (Å²) >= 11 is 0. The molecule has 1 fully saturated rings. The molecule has 1 aliphatic heterocycles. The molecule has 1 aliphatic rings. The van der Waals surface area contributed by atoms with Gasteiger partial charge in [0.25, 0.3) is 0 Å². The first-order chi connectivity index (χ1) is 5.58. The quantitative estimate of drug-likeness (QED) is 0.695. The van der Waals surface area contributed by atoms with Gasteiger partial charge in [-0.05, 0) is 5.41 Å². The lowest BCUT2D eigenvalue weighted by molar-refractivity contribution is -0.0172. The van der Waals surface area contributed by atoms with Gasteiger partial charge in [0.15, 0.2) is 0 Å². The first-order valence-corrected chi connectivity index (χ1v) is 4.90. The smallest absolute Gasteiger partial charge is 0.0823 e. The molecule has 2 nitrogen and oxygen atoms in total. The normalized spacial score (nSPS) is 17.8. The highest BCUT2D eigenvalue weighted by Gasteiger charge is 2.20. The first kappa shape index (κ1) is 11.9. The van der Waals surface area contributed by atoms with Crippen molar-refractivity contribution in [2.24, 2.45) is 5.41 Å². The molecule has 0 aliphatic carbocycles. The van der Waals surface area contributed by atoms with E-state index >= 15 is 0 Å². The molecule has 0 aromatic heterocycles. The number of rotatable bonds is 2. The van der Waals surface area contributed by atoms with Crippen LogP contribution in [0.25, 0.3) is 0 Å². The average Bonchev–Trinajstić information content (AvgIpc) is 1.86. The molecule has 0 saturated carbocycles. The van der Waals surface area contributed by atoms with Crippen molar-refractivity contribution < 1.29 is 6.16 Å². The van der Waals surface area contributed by atoms with Gasteiger partial charge in [0.1, 0.15) is 0 Å². The summed E-state index contributed by atoms with van der Waals surface area (Å²) in [5, 5.41) is 3.17. The van der Waals surface area contributed by atoms with Crippen LogP contribution in [0.2, 0.25) is 0 Å². The fourth-order valence-electron chi connectivity index (χ4n) is 0.748. The van der Waals surface area contributed by atoms with Crippen LogP contribution in [0, 0.1) is 5.41 Å². The Hall–Kier alpha value is -0.0800. The Labute approximate surface area is 78.2 Å². The summed E-state index contributed by atoms with van der Waals surface area (Å²) in [6, 6.07) is 0. The zero-order valence-electron chi connectivity index (χ0n) is 9.11. The third-order valence-electron chi connectivity index (χ3n) is 1.50. The third-order valence-corrected chi connectivity index (χ3v) is 1.50. The van der Waals surface area contributed by atoms with E-state index < -0.39 is 0 Å². The van der Waals surface area contributed by atoms with Crippen LogP contribution < -0.4 is 5.32 Å². The fourth-order valence-corrected chi connectivity index (χ4v) is 0.748. The maximum atomic E-state index is 5.58. The summed E-state index contributed by atoms with van der Waals surface area (Å²) < 4.78 is 5.58. The number of hydrogen-bond donors (Lipinski definition) is 1. The highest BCUT2D eigenvalue weighted by Crippen LogP contribution is 2.14. The van der Waals surface area contributed by atoms with Crippen molar-refractivity contribution in [3.8, 4) is 0 Å². The molecule has 1 rings (SSSR count). The van der Waals surface area contributed by atoms with E-state index in [0.29, 0.717) is 11.5 Å². The fraction of sp³-hybridized carbons (Fsp3) is 1.00. The Balaban J connectivity index is 0. The predicted molar refractivity (Wildman–Crippen MR) is 55.5 cm³/mol. The summed E-state index contributed by atoms with van der Waals surface area (Å²) in [4.78, 5) is 0. The van der Waals surface area contributed by atoms with Gasteiger partial charge in [-0.15, -0.1) is 0 Å². The van der Waals surface area contributed by atoms with Gasteiger partial charge < -0.3 is 10.1 Å². The highest BCUT2D eigenvalue weighted by molar-refractivity contribution is 4.75. The molecule has 0 spiro atoms. The van der Waals surface area contributed by atoms with Crippen LogP contribution in [0.4, 0.5) is 0 Å². The molecule has 0 atom stereocenters. The van der Waals surface area contributed by atoms with Gasteiger partial charge >= 0.3 is 0 Å². The SMILES string of the molecule is CC.CC(C)(C)COC1CNC1.[HH]. The average molecular weight is 175 g/mol. The van der Waals surface area contributed by atoms with Gasteiger partial charge in [-0.3, -0.25) is 0 Å². The molecule has 76 valence electrons. The maximum Gasteiger partial charge on any atom is 0.0823 e. The summed E-state index contributed by atoms with van der Waals surface area (Å²) in [7, 11) is 0. The maximum absolute atomic E-state index is 5.58. The molecule has 0 unspecified atom stereocenters. The van der Waals surface area contributed by atoms with Gasteiger partial charge in [-0.2, -0.15) is 0 Å². The molecule has 0 bridgehead atoms. The summed E-state index contributed by atoms with van der Waals surface area (Å²) in [5.74, 6) is 0. The molecule has 1 N–H and O–H groups in total. The lowest BCUT2D eigenvalue weighted by atomic mass is 9.98. The molecular formula is C10H25NO. The van der Waals surface area contributed by atoms with Crippen LogP contribution in [0.3, 0.4) is 0 Å². The second-order valence-electron chi connectivity index (χ2n) is 4.15. The zero-order chi connectivity index (χ0) is 9.61. The molecule has 0 aromatic carbocycles. The van der Waals surface area contributed by atoms with Crippen LogP contribution in [-0.2, 0) is 4.74 Å². The van der Waals surface area contributed by atoms with Gasteiger partial charge in [0.2, 0.25) is 0 Å². The van der Waals surface area contributed by atoms with Crippen molar-refractivity contribution in [1.29, 1.82) is 0 Å². The summed E-state index contributed by atoms with van der Waals surface area (Å²) in [6.45, 7) is 13.5. The first-order valence-electron chi connectivity index (χ1n) is 4.90. The van der Waals surface area contributed by atoms with Crippen molar-refractivity contribution in [2.75, 3.05) is 19.7 Å². The second kappa shape index (κ2) is 5.55. The zero-order valence-corrected chi connectivity index (χ0v) is 9.11. The summed E-state index contributed by atoms with van der Waals surface area (Å²) in [5.41, 5.74) is 0.315. The van der Waals surface area contributed by atoms with E-state index in [0.717, 1.165) is 19.7 Å². The lowest BCUT2D eigenvalue weighted by Crippen LogP contribution is -2.49. The number of nitrogens with one attached hydrogen (secondary N) is 1. The molecule has 0 aromatic rings. The Kier molecular flexibility index (Phi) is 5.51. The van der Waals surface area contributed by atoms with Crippen molar-refractivity contribution in [2.45, 2.75) is 40.7 Å². The molecule has 2 heteroatoms. The minimum absolute atomic E-state index is 0. The third kappa shape index (κ3) is 5.56. The molecular weight excluding hydrogens is 150 g/mol. The standard InChI is InChI=1S/C8H17NO.C2H6.H2/c1-8(2,3)6-10-7-4-9-5-7;1-2;/h7,9H,4-6H2,1-3H3;1-2H3;1H. The Morgan fingerprint density at radius 3 is 2.08 bits per heavy atom. The minimum Gasteiger partial charge on any atom is -0.375 e. The summed E-state index contributed by atoms with van der Waals surface area (Å²) in [6.07, 6.45) is 0.485. The second-order valence-corrected chi connectivity index (χ2v) is 4.15. The van der Waals surface area contributed by atoms with Crippen molar-refractivity contribution >= 4 is 0 Å². The largest absolute Gasteiger partial charge is 0.375 e. The number of ether oxygens (including phenoxy) is 1. The van der Waals surface area contributed by atoms with E-state index in [9.17, 15) is 0 Å². The van der Waals surface area contributed by atoms with Crippen molar-refractivity contribution in [1.82, 2.24) is 5.32 Å². The Morgan fingerprint density at radius 1 is 1.33 bits per heavy atom. The van der Waals surface area contributed by atoms with Crippen LogP contribution in [-0.4, -0.2) is 25.8 Å². The molecule has 12 heavy (non-hydrogen) atoms. The number of hydrogen-bond acceptors (Lipinski definition) is 2. The lowest BCUT2D eigenvalue weighted by Gasteiger charge is -2.30. The molecule has 1 saturated heterocycles. The molecule has 1 heterocycles.